The summed E-state index contributed by atoms with van der Waals surface area (Å²) in [6.45, 7) is 0.973. The van der Waals surface area contributed by atoms with E-state index in [0.29, 0.717) is 23.9 Å². The molecule has 1 atom stereocenters. The first-order valence-corrected chi connectivity index (χ1v) is 9.37. The second-order valence-electron chi connectivity index (χ2n) is 6.32. The largest absolute Gasteiger partial charge is 0.326 e. The van der Waals surface area contributed by atoms with Gasteiger partial charge in [0, 0.05) is 19.1 Å². The summed E-state index contributed by atoms with van der Waals surface area (Å²) in [5.74, 6) is 0.607. The number of hydrogen-bond donors (Lipinski definition) is 1. The molecule has 0 spiro atoms. The molecule has 0 aromatic heterocycles. The zero-order valence-corrected chi connectivity index (χ0v) is 13.2. The lowest BCUT2D eigenvalue weighted by Crippen LogP contribution is -2.31. The third-order valence-corrected chi connectivity index (χ3v) is 6.66. The van der Waals surface area contributed by atoms with Gasteiger partial charge in [-0.05, 0) is 42.9 Å². The minimum Gasteiger partial charge on any atom is -0.326 e. The van der Waals surface area contributed by atoms with Gasteiger partial charge >= 0.3 is 0 Å². The Kier molecular flexibility index (Phi) is 4.33. The topological polar surface area (TPSA) is 63.4 Å². The highest BCUT2D eigenvalue weighted by molar-refractivity contribution is 7.89. The van der Waals surface area contributed by atoms with Crippen molar-refractivity contribution in [3.8, 4) is 0 Å². The van der Waals surface area contributed by atoms with Crippen LogP contribution in [0.3, 0.4) is 0 Å². The molecule has 1 heterocycles. The normalized spacial score (nSPS) is 25.3. The zero-order valence-electron chi connectivity index (χ0n) is 12.4. The molecule has 0 amide bonds. The summed E-state index contributed by atoms with van der Waals surface area (Å²) in [4.78, 5) is 0.399. The lowest BCUT2D eigenvalue weighted by atomic mass is 9.84. The van der Waals surface area contributed by atoms with Crippen LogP contribution in [-0.2, 0) is 10.0 Å². The molecule has 3 rings (SSSR count). The number of rotatable bonds is 3. The van der Waals surface area contributed by atoms with Crippen LogP contribution in [0.1, 0.15) is 50.0 Å². The Labute approximate surface area is 127 Å². The highest BCUT2D eigenvalue weighted by Gasteiger charge is 2.30. The van der Waals surface area contributed by atoms with Gasteiger partial charge in [-0.1, -0.05) is 31.4 Å². The predicted molar refractivity (Wildman–Crippen MR) is 83.6 cm³/mol. The molecule has 1 aromatic carbocycles. The number of sulfonamides is 1. The maximum absolute atomic E-state index is 12.5. The van der Waals surface area contributed by atoms with E-state index in [0.717, 1.165) is 6.42 Å². The minimum absolute atomic E-state index is 0.0266. The van der Waals surface area contributed by atoms with E-state index in [-0.39, 0.29) is 6.04 Å². The van der Waals surface area contributed by atoms with Gasteiger partial charge in [-0.15, -0.1) is 0 Å². The summed E-state index contributed by atoms with van der Waals surface area (Å²) in [6, 6.07) is 7.51. The predicted octanol–water partition coefficient (Wildman–Crippen LogP) is 2.46. The van der Waals surface area contributed by atoms with Gasteiger partial charge < -0.3 is 5.73 Å². The first-order chi connectivity index (χ1) is 10.1. The third kappa shape index (κ3) is 3.15. The van der Waals surface area contributed by atoms with Crippen LogP contribution in [0, 0.1) is 0 Å². The third-order valence-electron chi connectivity index (χ3n) is 4.78. The van der Waals surface area contributed by atoms with Crippen LogP contribution in [0.2, 0.25) is 0 Å². The number of benzene rings is 1. The molecule has 2 aliphatic rings. The molecule has 1 saturated carbocycles. The van der Waals surface area contributed by atoms with Crippen molar-refractivity contribution < 1.29 is 8.42 Å². The maximum atomic E-state index is 12.5. The Balaban J connectivity index is 1.77. The molecule has 5 heteroatoms. The van der Waals surface area contributed by atoms with Gasteiger partial charge in [0.05, 0.1) is 4.90 Å². The van der Waals surface area contributed by atoms with Gasteiger partial charge in [-0.2, -0.15) is 4.31 Å². The van der Waals surface area contributed by atoms with Crippen molar-refractivity contribution in [3.05, 3.63) is 29.8 Å². The van der Waals surface area contributed by atoms with Crippen LogP contribution in [0.4, 0.5) is 0 Å². The van der Waals surface area contributed by atoms with E-state index < -0.39 is 10.0 Å². The van der Waals surface area contributed by atoms with Crippen molar-refractivity contribution >= 4 is 10.0 Å². The maximum Gasteiger partial charge on any atom is 0.243 e. The molecule has 1 unspecified atom stereocenters. The molecule has 2 N–H and O–H groups in total. The van der Waals surface area contributed by atoms with Crippen molar-refractivity contribution in [1.29, 1.82) is 0 Å². The van der Waals surface area contributed by atoms with E-state index in [9.17, 15) is 8.42 Å². The van der Waals surface area contributed by atoms with Gasteiger partial charge in [0.15, 0.2) is 0 Å². The highest BCUT2D eigenvalue weighted by atomic mass is 32.2. The highest BCUT2D eigenvalue weighted by Crippen LogP contribution is 2.33. The summed E-state index contributed by atoms with van der Waals surface area (Å²) in [7, 11) is -3.37. The Morgan fingerprint density at radius 3 is 2.24 bits per heavy atom. The van der Waals surface area contributed by atoms with E-state index in [2.05, 4.69) is 0 Å². The molecule has 4 nitrogen and oxygen atoms in total. The van der Waals surface area contributed by atoms with Crippen molar-refractivity contribution in [2.24, 2.45) is 5.73 Å². The number of nitrogens with zero attached hydrogens (tertiary/aromatic N) is 1. The van der Waals surface area contributed by atoms with Crippen LogP contribution in [-0.4, -0.2) is 31.9 Å². The number of hydrogen-bond acceptors (Lipinski definition) is 3. The van der Waals surface area contributed by atoms with Crippen molar-refractivity contribution in [2.45, 2.75) is 55.4 Å². The standard InChI is InChI=1S/C16H24N2O2S/c17-15-10-11-18(12-15)21(19,20)16-8-6-14(7-9-16)13-4-2-1-3-5-13/h6-9,13,15H,1-5,10-12,17H2. The van der Waals surface area contributed by atoms with Gasteiger partial charge in [-0.25, -0.2) is 8.42 Å². The molecule has 2 fully saturated rings. The van der Waals surface area contributed by atoms with Crippen molar-refractivity contribution in [1.82, 2.24) is 4.31 Å². The molecular formula is C16H24N2O2S. The molecule has 21 heavy (non-hydrogen) atoms. The van der Waals surface area contributed by atoms with Crippen LogP contribution < -0.4 is 5.73 Å². The quantitative estimate of drug-likeness (QED) is 0.933. The molecule has 1 aliphatic carbocycles. The minimum atomic E-state index is -3.37. The summed E-state index contributed by atoms with van der Waals surface area (Å²) in [5, 5.41) is 0. The Hall–Kier alpha value is -0.910. The zero-order chi connectivity index (χ0) is 14.9. The second-order valence-corrected chi connectivity index (χ2v) is 8.25. The lowest BCUT2D eigenvalue weighted by molar-refractivity contribution is 0.443. The second kappa shape index (κ2) is 6.07. The van der Waals surface area contributed by atoms with Crippen molar-refractivity contribution in [3.63, 3.8) is 0 Å². The molecular weight excluding hydrogens is 284 g/mol. The molecule has 1 aliphatic heterocycles. The van der Waals surface area contributed by atoms with Gasteiger partial charge in [0.25, 0.3) is 0 Å². The molecule has 1 aromatic rings. The smallest absolute Gasteiger partial charge is 0.243 e. The summed E-state index contributed by atoms with van der Waals surface area (Å²) in [6.07, 6.45) is 7.12. The van der Waals surface area contributed by atoms with Crippen LogP contribution in [0.15, 0.2) is 29.2 Å². The van der Waals surface area contributed by atoms with Crippen LogP contribution in [0.5, 0.6) is 0 Å². The average Bonchev–Trinajstić information content (AvgIpc) is 2.96. The van der Waals surface area contributed by atoms with E-state index in [1.807, 2.05) is 12.1 Å². The van der Waals surface area contributed by atoms with E-state index >= 15 is 0 Å². The summed E-state index contributed by atoms with van der Waals surface area (Å²) >= 11 is 0. The number of nitrogens with two attached hydrogens (primary N) is 1. The van der Waals surface area contributed by atoms with Gasteiger partial charge in [-0.3, -0.25) is 0 Å². The first-order valence-electron chi connectivity index (χ1n) is 7.93. The summed E-state index contributed by atoms with van der Waals surface area (Å²) in [5.41, 5.74) is 7.10. The van der Waals surface area contributed by atoms with Crippen LogP contribution in [0.25, 0.3) is 0 Å². The van der Waals surface area contributed by atoms with E-state index in [4.69, 9.17) is 5.73 Å². The summed E-state index contributed by atoms with van der Waals surface area (Å²) < 4.78 is 26.6. The molecule has 116 valence electrons. The molecule has 0 bridgehead atoms. The Morgan fingerprint density at radius 2 is 1.67 bits per heavy atom. The molecule has 1 saturated heterocycles. The monoisotopic (exact) mass is 308 g/mol. The Morgan fingerprint density at radius 1 is 1.00 bits per heavy atom. The fourth-order valence-electron chi connectivity index (χ4n) is 3.47. The Bertz CT molecular complexity index is 577. The lowest BCUT2D eigenvalue weighted by Gasteiger charge is -2.22. The first kappa shape index (κ1) is 15.0. The fourth-order valence-corrected chi connectivity index (χ4v) is 4.98. The fraction of sp³-hybridized carbons (Fsp3) is 0.625. The average molecular weight is 308 g/mol. The van der Waals surface area contributed by atoms with Gasteiger partial charge in [0.2, 0.25) is 10.0 Å². The van der Waals surface area contributed by atoms with Crippen LogP contribution >= 0.6 is 0 Å². The van der Waals surface area contributed by atoms with E-state index in [1.54, 1.807) is 12.1 Å². The van der Waals surface area contributed by atoms with Crippen molar-refractivity contribution in [2.75, 3.05) is 13.1 Å². The van der Waals surface area contributed by atoms with E-state index in [1.165, 1.54) is 42.0 Å². The van der Waals surface area contributed by atoms with Gasteiger partial charge in [0.1, 0.15) is 0 Å². The SMILES string of the molecule is NC1CCN(S(=O)(=O)c2ccc(C3CCCCC3)cc2)C1. The molecule has 0 radical (unpaired) electrons.